The number of urea groups is 1. The van der Waals surface area contributed by atoms with Gasteiger partial charge >= 0.3 is 6.03 Å². The molecule has 5 heteroatoms. The maximum Gasteiger partial charge on any atom is 0.318 e. The lowest BCUT2D eigenvalue weighted by atomic mass is 9.96. The minimum absolute atomic E-state index is 0.0606. The Morgan fingerprint density at radius 2 is 1.82 bits per heavy atom. The van der Waals surface area contributed by atoms with E-state index in [0.717, 1.165) is 5.56 Å². The summed E-state index contributed by atoms with van der Waals surface area (Å²) in [6.45, 7) is 5.96. The van der Waals surface area contributed by atoms with E-state index in [1.807, 2.05) is 44.2 Å². The lowest BCUT2D eigenvalue weighted by Crippen LogP contribution is -2.52. The van der Waals surface area contributed by atoms with E-state index in [1.54, 1.807) is 4.90 Å². The number of morpholine rings is 1. The molecule has 1 N–H and O–H groups in total. The summed E-state index contributed by atoms with van der Waals surface area (Å²) < 4.78 is 5.25. The van der Waals surface area contributed by atoms with Gasteiger partial charge < -0.3 is 15.0 Å². The summed E-state index contributed by atoms with van der Waals surface area (Å²) in [7, 11) is 0. The molecule has 1 aromatic rings. The summed E-state index contributed by atoms with van der Waals surface area (Å²) in [5.74, 6) is -0.0517. The number of carbonyl (C=O) groups excluding carboxylic acids is 2. The molecule has 1 aliphatic rings. The number of ether oxygens (including phenoxy) is 1. The smallest absolute Gasteiger partial charge is 0.318 e. The molecule has 2 rings (SSSR count). The summed E-state index contributed by atoms with van der Waals surface area (Å²) in [6, 6.07) is 9.10. The third kappa shape index (κ3) is 4.56. The van der Waals surface area contributed by atoms with Crippen LogP contribution in [0, 0.1) is 5.92 Å². The Labute approximate surface area is 131 Å². The Morgan fingerprint density at radius 1 is 1.18 bits per heavy atom. The molecule has 5 nitrogen and oxygen atoms in total. The third-order valence-electron chi connectivity index (χ3n) is 3.79. The van der Waals surface area contributed by atoms with Crippen LogP contribution in [0.4, 0.5) is 4.79 Å². The zero-order valence-corrected chi connectivity index (χ0v) is 13.2. The zero-order valence-electron chi connectivity index (χ0n) is 13.2. The van der Waals surface area contributed by atoms with Gasteiger partial charge in [-0.2, -0.15) is 0 Å². The van der Waals surface area contributed by atoms with Crippen LogP contribution in [0.1, 0.15) is 19.4 Å². The van der Waals surface area contributed by atoms with E-state index in [1.165, 1.54) is 0 Å². The molecule has 1 saturated heterocycles. The monoisotopic (exact) mass is 304 g/mol. The van der Waals surface area contributed by atoms with E-state index in [0.29, 0.717) is 32.7 Å². The van der Waals surface area contributed by atoms with Crippen LogP contribution in [0.2, 0.25) is 0 Å². The van der Waals surface area contributed by atoms with Crippen molar-refractivity contribution in [1.29, 1.82) is 0 Å². The van der Waals surface area contributed by atoms with Gasteiger partial charge in [-0.15, -0.1) is 0 Å². The highest BCUT2D eigenvalue weighted by atomic mass is 16.5. The number of amides is 2. The third-order valence-corrected chi connectivity index (χ3v) is 3.79. The molecule has 22 heavy (non-hydrogen) atoms. The number of hydrogen-bond acceptors (Lipinski definition) is 3. The van der Waals surface area contributed by atoms with Gasteiger partial charge in [0.1, 0.15) is 0 Å². The Hall–Kier alpha value is -1.88. The fourth-order valence-corrected chi connectivity index (χ4v) is 2.48. The Bertz CT molecular complexity index is 496. The van der Waals surface area contributed by atoms with Gasteiger partial charge in [0.25, 0.3) is 0 Å². The largest absolute Gasteiger partial charge is 0.378 e. The van der Waals surface area contributed by atoms with Gasteiger partial charge in [0.05, 0.1) is 19.3 Å². The van der Waals surface area contributed by atoms with E-state index in [-0.39, 0.29) is 17.7 Å². The number of Topliss-reactive ketones (excluding diaryl/α,β-unsaturated/α-hetero) is 1. The lowest BCUT2D eigenvalue weighted by Gasteiger charge is -2.29. The van der Waals surface area contributed by atoms with E-state index in [9.17, 15) is 9.59 Å². The van der Waals surface area contributed by atoms with Crippen molar-refractivity contribution >= 4 is 11.8 Å². The van der Waals surface area contributed by atoms with Gasteiger partial charge in [-0.05, 0) is 12.0 Å². The molecule has 1 atom stereocenters. The number of nitrogens with zero attached hydrogens (tertiary/aromatic N) is 1. The van der Waals surface area contributed by atoms with E-state index < -0.39 is 6.04 Å². The first kappa shape index (κ1) is 16.5. The Balaban J connectivity index is 2.03. The molecule has 0 radical (unpaired) electrons. The molecular formula is C17H24N2O3. The second-order valence-corrected chi connectivity index (χ2v) is 5.85. The molecule has 120 valence electrons. The highest BCUT2D eigenvalue weighted by molar-refractivity contribution is 5.90. The molecule has 1 fully saturated rings. The van der Waals surface area contributed by atoms with Crippen molar-refractivity contribution in [1.82, 2.24) is 10.2 Å². The number of rotatable bonds is 5. The van der Waals surface area contributed by atoms with Gasteiger partial charge in [0.15, 0.2) is 5.78 Å². The molecule has 1 aromatic carbocycles. The molecule has 0 aliphatic carbocycles. The molecule has 0 spiro atoms. The van der Waals surface area contributed by atoms with Gasteiger partial charge in [-0.25, -0.2) is 4.79 Å². The summed E-state index contributed by atoms with van der Waals surface area (Å²) >= 11 is 0. The van der Waals surface area contributed by atoms with Crippen LogP contribution in [0.3, 0.4) is 0 Å². The number of nitrogens with one attached hydrogen (secondary N) is 1. The number of ketones is 1. The van der Waals surface area contributed by atoms with Crippen LogP contribution < -0.4 is 5.32 Å². The number of benzene rings is 1. The van der Waals surface area contributed by atoms with Crippen LogP contribution >= 0.6 is 0 Å². The van der Waals surface area contributed by atoms with Crippen molar-refractivity contribution in [3.05, 3.63) is 35.9 Å². The maximum absolute atomic E-state index is 12.4. The second-order valence-electron chi connectivity index (χ2n) is 5.85. The van der Waals surface area contributed by atoms with Crippen molar-refractivity contribution in [2.45, 2.75) is 26.3 Å². The molecule has 2 amide bonds. The molecular weight excluding hydrogens is 280 g/mol. The Kier molecular flexibility index (Phi) is 5.95. The molecule has 0 bridgehead atoms. The fraction of sp³-hybridized carbons (Fsp3) is 0.529. The van der Waals surface area contributed by atoms with Crippen LogP contribution in [0.5, 0.6) is 0 Å². The van der Waals surface area contributed by atoms with Crippen molar-refractivity contribution in [3.63, 3.8) is 0 Å². The van der Waals surface area contributed by atoms with Crippen LogP contribution in [0.25, 0.3) is 0 Å². The zero-order chi connectivity index (χ0) is 15.9. The second kappa shape index (κ2) is 7.94. The predicted octanol–water partition coefficient (Wildman–Crippen LogP) is 1.86. The predicted molar refractivity (Wildman–Crippen MR) is 84.7 cm³/mol. The molecule has 0 aromatic heterocycles. The van der Waals surface area contributed by atoms with Crippen molar-refractivity contribution in [2.75, 3.05) is 26.3 Å². The summed E-state index contributed by atoms with van der Waals surface area (Å²) in [5, 5.41) is 2.90. The van der Waals surface area contributed by atoms with Crippen molar-refractivity contribution < 1.29 is 14.3 Å². The lowest BCUT2D eigenvalue weighted by molar-refractivity contribution is -0.123. The first-order chi connectivity index (χ1) is 10.6. The van der Waals surface area contributed by atoms with Gasteiger partial charge in [0.2, 0.25) is 0 Å². The van der Waals surface area contributed by atoms with E-state index in [4.69, 9.17) is 4.74 Å². The Morgan fingerprint density at radius 3 is 2.41 bits per heavy atom. The molecule has 0 unspecified atom stereocenters. The average Bonchev–Trinajstić information content (AvgIpc) is 2.55. The number of carbonyl (C=O) groups is 2. The quantitative estimate of drug-likeness (QED) is 0.903. The fourth-order valence-electron chi connectivity index (χ4n) is 2.48. The number of hydrogen-bond donors (Lipinski definition) is 1. The first-order valence-corrected chi connectivity index (χ1v) is 7.78. The SMILES string of the molecule is CC(C)C(=O)[C@H](Cc1ccccc1)NC(=O)N1CCOCC1. The van der Waals surface area contributed by atoms with Crippen LogP contribution in [-0.4, -0.2) is 49.1 Å². The topological polar surface area (TPSA) is 58.6 Å². The van der Waals surface area contributed by atoms with Crippen molar-refractivity contribution in [2.24, 2.45) is 5.92 Å². The maximum atomic E-state index is 12.4. The molecule has 0 saturated carbocycles. The van der Waals surface area contributed by atoms with Gasteiger partial charge in [-0.1, -0.05) is 44.2 Å². The highest BCUT2D eigenvalue weighted by Gasteiger charge is 2.26. The van der Waals surface area contributed by atoms with E-state index in [2.05, 4.69) is 5.32 Å². The van der Waals surface area contributed by atoms with Crippen molar-refractivity contribution in [3.8, 4) is 0 Å². The minimum atomic E-state index is -0.488. The first-order valence-electron chi connectivity index (χ1n) is 7.78. The van der Waals surface area contributed by atoms with Gasteiger partial charge in [0, 0.05) is 19.0 Å². The van der Waals surface area contributed by atoms with Crippen LogP contribution in [0.15, 0.2) is 30.3 Å². The van der Waals surface area contributed by atoms with E-state index >= 15 is 0 Å². The van der Waals surface area contributed by atoms with Crippen LogP contribution in [-0.2, 0) is 16.0 Å². The average molecular weight is 304 g/mol. The van der Waals surface area contributed by atoms with Gasteiger partial charge in [-0.3, -0.25) is 4.79 Å². The summed E-state index contributed by atoms with van der Waals surface area (Å²) in [4.78, 5) is 26.4. The normalized spacial score (nSPS) is 16.4. The molecule has 1 heterocycles. The minimum Gasteiger partial charge on any atom is -0.378 e. The summed E-state index contributed by atoms with van der Waals surface area (Å²) in [6.07, 6.45) is 0.522. The summed E-state index contributed by atoms with van der Waals surface area (Å²) in [5.41, 5.74) is 1.05. The standard InChI is InChI=1S/C17H24N2O3/c1-13(2)16(20)15(12-14-6-4-3-5-7-14)18-17(21)19-8-10-22-11-9-19/h3-7,13,15H,8-12H2,1-2H3,(H,18,21)/t15-/m0/s1. The molecule has 1 aliphatic heterocycles. The highest BCUT2D eigenvalue weighted by Crippen LogP contribution is 2.09.